The summed E-state index contributed by atoms with van der Waals surface area (Å²) in [5.74, 6) is -0.995. The molecule has 0 radical (unpaired) electrons. The molecule has 1 saturated heterocycles. The highest BCUT2D eigenvalue weighted by atomic mass is 32.2. The first-order valence-corrected chi connectivity index (χ1v) is 13.7. The summed E-state index contributed by atoms with van der Waals surface area (Å²) in [5, 5.41) is 12.6. The Kier molecular flexibility index (Phi) is 9.36. The molecule has 1 fully saturated rings. The highest BCUT2D eigenvalue weighted by Gasteiger charge is 2.48. The molecule has 2 N–H and O–H groups in total. The maximum Gasteiger partial charge on any atom is 0.407 e. The van der Waals surface area contributed by atoms with Crippen LogP contribution in [0.25, 0.3) is 0 Å². The zero-order valence-corrected chi connectivity index (χ0v) is 22.7. The summed E-state index contributed by atoms with van der Waals surface area (Å²) in [6.45, 7) is 8.42. The Balaban J connectivity index is 1.96. The summed E-state index contributed by atoms with van der Waals surface area (Å²) in [6, 6.07) is 15.9. The molecule has 0 spiro atoms. The van der Waals surface area contributed by atoms with E-state index in [9.17, 15) is 18.3 Å². The molecule has 1 heterocycles. The van der Waals surface area contributed by atoms with Crippen LogP contribution < -0.4 is 5.32 Å². The third-order valence-electron chi connectivity index (χ3n) is 5.69. The molecule has 204 valence electrons. The Morgan fingerprint density at radius 2 is 1.70 bits per heavy atom. The van der Waals surface area contributed by atoms with Gasteiger partial charge in [-0.05, 0) is 52.3 Å². The van der Waals surface area contributed by atoms with E-state index in [0.717, 1.165) is 5.56 Å². The fourth-order valence-corrected chi connectivity index (χ4v) is 6.03. The van der Waals surface area contributed by atoms with E-state index in [4.69, 9.17) is 18.9 Å². The summed E-state index contributed by atoms with van der Waals surface area (Å²) in [4.78, 5) is 12.8. The van der Waals surface area contributed by atoms with E-state index in [-0.39, 0.29) is 24.7 Å². The van der Waals surface area contributed by atoms with Gasteiger partial charge in [-0.1, -0.05) is 48.5 Å². The number of aliphatic hydroxyl groups excluding tert-OH is 1. The number of amides is 1. The molecule has 10 heteroatoms. The van der Waals surface area contributed by atoms with Crippen molar-refractivity contribution in [2.75, 3.05) is 13.2 Å². The molecule has 3 rings (SSSR count). The van der Waals surface area contributed by atoms with Crippen molar-refractivity contribution in [3.63, 3.8) is 0 Å². The van der Waals surface area contributed by atoms with E-state index in [1.54, 1.807) is 52.8 Å². The highest BCUT2D eigenvalue weighted by molar-refractivity contribution is 7.92. The van der Waals surface area contributed by atoms with Crippen LogP contribution in [0.5, 0.6) is 0 Å². The molecule has 9 nitrogen and oxygen atoms in total. The van der Waals surface area contributed by atoms with Gasteiger partial charge in [0.05, 0.1) is 30.8 Å². The lowest BCUT2D eigenvalue weighted by atomic mass is 10.0. The minimum Gasteiger partial charge on any atom is -0.444 e. The lowest BCUT2D eigenvalue weighted by molar-refractivity contribution is -0.151. The molecular formula is C27H37NO8S. The monoisotopic (exact) mass is 535 g/mol. The Morgan fingerprint density at radius 3 is 2.24 bits per heavy atom. The van der Waals surface area contributed by atoms with E-state index in [1.807, 2.05) is 30.3 Å². The molecule has 2 aromatic carbocycles. The second-order valence-corrected chi connectivity index (χ2v) is 12.5. The maximum absolute atomic E-state index is 13.9. The minimum atomic E-state index is -4.19. The van der Waals surface area contributed by atoms with Gasteiger partial charge in [0.2, 0.25) is 0 Å². The number of hydrogen-bond donors (Lipinski definition) is 2. The number of benzene rings is 2. The van der Waals surface area contributed by atoms with Crippen molar-refractivity contribution in [2.24, 2.45) is 0 Å². The molecule has 0 bridgehead atoms. The number of hydrogen-bond acceptors (Lipinski definition) is 8. The van der Waals surface area contributed by atoms with Crippen LogP contribution >= 0.6 is 0 Å². The van der Waals surface area contributed by atoms with Crippen LogP contribution in [0.4, 0.5) is 4.79 Å². The topological polar surface area (TPSA) is 120 Å². The Bertz CT molecular complexity index is 1120. The normalized spacial score (nSPS) is 20.1. The van der Waals surface area contributed by atoms with Gasteiger partial charge in [0.15, 0.2) is 15.6 Å². The molecule has 1 aliphatic rings. The summed E-state index contributed by atoms with van der Waals surface area (Å²) < 4.78 is 50.5. The quantitative estimate of drug-likeness (QED) is 0.475. The second-order valence-electron chi connectivity index (χ2n) is 10.4. The Hall–Kier alpha value is -2.50. The molecule has 0 aromatic heterocycles. The zero-order chi connectivity index (χ0) is 27.3. The van der Waals surface area contributed by atoms with Crippen LogP contribution in [-0.4, -0.2) is 67.7 Å². The van der Waals surface area contributed by atoms with Gasteiger partial charge in [-0.2, -0.15) is 0 Å². The van der Waals surface area contributed by atoms with Crippen LogP contribution in [0.3, 0.4) is 0 Å². The lowest BCUT2D eigenvalue weighted by Crippen LogP contribution is -2.58. The van der Waals surface area contributed by atoms with Crippen LogP contribution in [-0.2, 0) is 35.4 Å². The maximum atomic E-state index is 13.9. The number of alkyl carbamates (subject to hydrolysis) is 1. The number of sulfone groups is 1. The van der Waals surface area contributed by atoms with E-state index in [2.05, 4.69) is 5.32 Å². The van der Waals surface area contributed by atoms with Crippen molar-refractivity contribution in [3.8, 4) is 0 Å². The third-order valence-corrected chi connectivity index (χ3v) is 7.94. The predicted molar refractivity (Wildman–Crippen MR) is 138 cm³/mol. The van der Waals surface area contributed by atoms with Crippen molar-refractivity contribution in [3.05, 3.63) is 66.2 Å². The molecule has 37 heavy (non-hydrogen) atoms. The Labute approximate surface area is 219 Å². The number of carbonyl (C=O) groups is 1. The van der Waals surface area contributed by atoms with E-state index >= 15 is 0 Å². The van der Waals surface area contributed by atoms with E-state index in [1.165, 1.54) is 12.1 Å². The fourth-order valence-electron chi connectivity index (χ4n) is 4.06. The molecule has 2 aromatic rings. The molecular weight excluding hydrogens is 498 g/mol. The number of carbonyl (C=O) groups excluding carboxylic acids is 1. The van der Waals surface area contributed by atoms with Crippen LogP contribution in [0.15, 0.2) is 65.6 Å². The summed E-state index contributed by atoms with van der Waals surface area (Å²) >= 11 is 0. The third kappa shape index (κ3) is 8.24. The SMILES string of the molecule is CC(C)(C)OC(=O)N[C@@H](COCc1ccccc1)C(C(O)[C@@H]1COC(C)(C)O1)S(=O)(=O)c1ccccc1. The first-order chi connectivity index (χ1) is 17.3. The molecule has 0 saturated carbocycles. The highest BCUT2D eigenvalue weighted by Crippen LogP contribution is 2.30. The van der Waals surface area contributed by atoms with Gasteiger partial charge >= 0.3 is 6.09 Å². The van der Waals surface area contributed by atoms with Crippen molar-refractivity contribution in [1.82, 2.24) is 5.32 Å². The van der Waals surface area contributed by atoms with Gasteiger partial charge in [-0.25, -0.2) is 13.2 Å². The fraction of sp³-hybridized carbons (Fsp3) is 0.519. The van der Waals surface area contributed by atoms with E-state index < -0.39 is 50.8 Å². The lowest BCUT2D eigenvalue weighted by Gasteiger charge is -2.34. The molecule has 1 aliphatic heterocycles. The van der Waals surface area contributed by atoms with E-state index in [0.29, 0.717) is 0 Å². The second kappa shape index (κ2) is 11.9. The first-order valence-electron chi connectivity index (χ1n) is 12.2. The van der Waals surface area contributed by atoms with Crippen molar-refractivity contribution < 1.29 is 37.3 Å². The molecule has 4 atom stereocenters. The number of nitrogens with one attached hydrogen (secondary N) is 1. The van der Waals surface area contributed by atoms with Crippen LogP contribution in [0.2, 0.25) is 0 Å². The number of ether oxygens (including phenoxy) is 4. The van der Waals surface area contributed by atoms with Crippen LogP contribution in [0, 0.1) is 0 Å². The molecule has 0 aliphatic carbocycles. The zero-order valence-electron chi connectivity index (χ0n) is 21.9. The number of rotatable bonds is 10. The first kappa shape index (κ1) is 29.1. The Morgan fingerprint density at radius 1 is 1.11 bits per heavy atom. The van der Waals surface area contributed by atoms with Crippen molar-refractivity contribution >= 4 is 15.9 Å². The minimum absolute atomic E-state index is 0.00345. The summed E-state index contributed by atoms with van der Waals surface area (Å²) in [5.41, 5.74) is 0.0501. The van der Waals surface area contributed by atoms with Crippen molar-refractivity contribution in [2.45, 2.75) is 81.0 Å². The average Bonchev–Trinajstić information content (AvgIpc) is 3.18. The number of aliphatic hydroxyl groups is 1. The van der Waals surface area contributed by atoms with Gasteiger partial charge in [-0.3, -0.25) is 0 Å². The smallest absolute Gasteiger partial charge is 0.407 e. The average molecular weight is 536 g/mol. The van der Waals surface area contributed by atoms with Gasteiger partial charge in [-0.15, -0.1) is 0 Å². The summed E-state index contributed by atoms with van der Waals surface area (Å²) in [6.07, 6.45) is -3.33. The largest absolute Gasteiger partial charge is 0.444 e. The molecule has 1 amide bonds. The van der Waals surface area contributed by atoms with Gasteiger partial charge in [0.25, 0.3) is 0 Å². The van der Waals surface area contributed by atoms with Crippen molar-refractivity contribution in [1.29, 1.82) is 0 Å². The van der Waals surface area contributed by atoms with Gasteiger partial charge < -0.3 is 29.4 Å². The standard InChI is InChI=1S/C27H37NO8S/c1-26(2,3)36-25(30)28-21(17-33-16-19-12-8-6-9-13-19)24(23(29)22-18-34-27(4,5)35-22)37(31,32)20-14-10-7-11-15-20/h6-15,21-24,29H,16-18H2,1-5H3,(H,28,30)/t21-,22-,23?,24?/m0/s1. The van der Waals surface area contributed by atoms with Gasteiger partial charge in [0, 0.05) is 0 Å². The van der Waals surface area contributed by atoms with Gasteiger partial charge in [0.1, 0.15) is 23.1 Å². The van der Waals surface area contributed by atoms with Crippen LogP contribution in [0.1, 0.15) is 40.2 Å². The predicted octanol–water partition coefficient (Wildman–Crippen LogP) is 3.45. The summed E-state index contributed by atoms with van der Waals surface area (Å²) in [7, 11) is -4.19. The molecule has 2 unspecified atom stereocenters.